The van der Waals surface area contributed by atoms with Gasteiger partial charge in [-0.3, -0.25) is 4.98 Å². The number of halogens is 3. The molecule has 0 saturated carbocycles. The molecule has 0 radical (unpaired) electrons. The molecule has 0 unspecified atom stereocenters. The van der Waals surface area contributed by atoms with Crippen molar-refractivity contribution >= 4 is 10.8 Å². The van der Waals surface area contributed by atoms with E-state index in [4.69, 9.17) is 2.74 Å². The summed E-state index contributed by atoms with van der Waals surface area (Å²) < 4.78 is 58.7. The molecule has 1 heterocycles. The second-order valence-corrected chi connectivity index (χ2v) is 5.22. The Hall–Kier alpha value is -1.78. The van der Waals surface area contributed by atoms with Gasteiger partial charge in [-0.2, -0.15) is 4.39 Å². The number of rotatable bonds is 2. The molecule has 0 N–H and O–H groups in total. The molecule has 2 rings (SSSR count). The van der Waals surface area contributed by atoms with E-state index in [1.165, 1.54) is 12.4 Å². The molecule has 1 aromatic carbocycles. The standard InChI is InChI=1S/C14H14F3NO/c1-14(2,3)9-6-18-5-8-4-10(16)12(17)13(11(8)9)19-7-15/h4-6H,7H2,1-3H3/i7D2. The van der Waals surface area contributed by atoms with E-state index in [1.54, 1.807) is 0 Å². The van der Waals surface area contributed by atoms with Crippen molar-refractivity contribution in [2.45, 2.75) is 26.2 Å². The summed E-state index contributed by atoms with van der Waals surface area (Å²) in [6.07, 6.45) is 2.73. The Bertz CT molecular complexity index is 693. The van der Waals surface area contributed by atoms with Gasteiger partial charge in [-0.15, -0.1) is 0 Å². The smallest absolute Gasteiger partial charge is 0.228 e. The summed E-state index contributed by atoms with van der Waals surface area (Å²) >= 11 is 0. The molecule has 0 amide bonds. The minimum absolute atomic E-state index is 0.109. The van der Waals surface area contributed by atoms with Crippen LogP contribution in [0, 0.1) is 11.6 Å². The summed E-state index contributed by atoms with van der Waals surface area (Å²) in [5, 5.41) is 0.318. The van der Waals surface area contributed by atoms with Crippen LogP contribution in [0.25, 0.3) is 10.8 Å². The van der Waals surface area contributed by atoms with Gasteiger partial charge in [0, 0.05) is 23.2 Å². The number of hydrogen-bond acceptors (Lipinski definition) is 2. The topological polar surface area (TPSA) is 22.1 Å². The monoisotopic (exact) mass is 271 g/mol. The highest BCUT2D eigenvalue weighted by molar-refractivity contribution is 5.91. The Kier molecular flexibility index (Phi) is 2.75. The molecule has 0 aliphatic rings. The fraction of sp³-hybridized carbons (Fsp3) is 0.357. The van der Waals surface area contributed by atoms with E-state index in [0.717, 1.165) is 6.07 Å². The van der Waals surface area contributed by atoms with Crippen LogP contribution >= 0.6 is 0 Å². The number of fused-ring (bicyclic) bond motifs is 1. The first-order chi connectivity index (χ1) is 9.50. The molecular formula is C14H14F3NO. The van der Waals surface area contributed by atoms with Crippen LogP contribution in [-0.2, 0) is 5.41 Å². The largest absolute Gasteiger partial charge is 0.459 e. The van der Waals surface area contributed by atoms with E-state index in [2.05, 4.69) is 9.72 Å². The molecule has 0 aliphatic carbocycles. The van der Waals surface area contributed by atoms with Crippen LogP contribution in [-0.4, -0.2) is 11.8 Å². The van der Waals surface area contributed by atoms with Crippen molar-refractivity contribution in [1.82, 2.24) is 4.98 Å². The van der Waals surface area contributed by atoms with E-state index >= 15 is 0 Å². The van der Waals surface area contributed by atoms with Crippen LogP contribution in [0.4, 0.5) is 13.2 Å². The van der Waals surface area contributed by atoms with Gasteiger partial charge >= 0.3 is 0 Å². The van der Waals surface area contributed by atoms with Gasteiger partial charge in [0.05, 0.1) is 0 Å². The number of ether oxygens (including phenoxy) is 1. The molecular weight excluding hydrogens is 255 g/mol. The number of pyridine rings is 1. The molecule has 2 nitrogen and oxygen atoms in total. The summed E-state index contributed by atoms with van der Waals surface area (Å²) in [7, 11) is 0. The van der Waals surface area contributed by atoms with Crippen molar-refractivity contribution in [3.8, 4) is 5.75 Å². The fourth-order valence-corrected chi connectivity index (χ4v) is 1.96. The number of aromatic nitrogens is 1. The van der Waals surface area contributed by atoms with Gasteiger partial charge in [-0.05, 0) is 17.0 Å². The number of hydrogen-bond donors (Lipinski definition) is 0. The molecule has 0 spiro atoms. The minimum Gasteiger partial charge on any atom is -0.459 e. The molecule has 0 bridgehead atoms. The number of alkyl halides is 1. The molecule has 2 aromatic rings. The lowest BCUT2D eigenvalue weighted by atomic mass is 9.85. The van der Waals surface area contributed by atoms with E-state index in [-0.39, 0.29) is 10.8 Å². The highest BCUT2D eigenvalue weighted by Gasteiger charge is 2.24. The van der Waals surface area contributed by atoms with Gasteiger partial charge in [0.2, 0.25) is 12.6 Å². The average Bonchev–Trinajstić information content (AvgIpc) is 2.31. The Labute approximate surface area is 112 Å². The lowest BCUT2D eigenvalue weighted by Crippen LogP contribution is -2.13. The fourth-order valence-electron chi connectivity index (χ4n) is 1.96. The maximum atomic E-state index is 14.0. The van der Waals surface area contributed by atoms with Gasteiger partial charge in [0.15, 0.2) is 11.6 Å². The van der Waals surface area contributed by atoms with Crippen molar-refractivity contribution in [3.63, 3.8) is 0 Å². The Morgan fingerprint density at radius 3 is 2.58 bits per heavy atom. The molecule has 102 valence electrons. The first-order valence-corrected chi connectivity index (χ1v) is 5.65. The lowest BCUT2D eigenvalue weighted by molar-refractivity contribution is 0.185. The normalized spacial score (nSPS) is 14.2. The van der Waals surface area contributed by atoms with E-state index in [9.17, 15) is 13.2 Å². The second-order valence-electron chi connectivity index (χ2n) is 5.22. The van der Waals surface area contributed by atoms with Crippen LogP contribution in [0.15, 0.2) is 18.5 Å². The average molecular weight is 271 g/mol. The van der Waals surface area contributed by atoms with Crippen LogP contribution in [0.2, 0.25) is 0 Å². The van der Waals surface area contributed by atoms with E-state index in [1.807, 2.05) is 20.8 Å². The van der Waals surface area contributed by atoms with Crippen LogP contribution < -0.4 is 4.74 Å². The quantitative estimate of drug-likeness (QED) is 0.819. The zero-order valence-corrected chi connectivity index (χ0v) is 10.7. The maximum Gasteiger partial charge on any atom is 0.228 e. The number of benzene rings is 1. The first kappa shape index (κ1) is 11.1. The van der Waals surface area contributed by atoms with Gasteiger partial charge in [0.1, 0.15) is 2.74 Å². The highest BCUT2D eigenvalue weighted by atomic mass is 19.2. The second kappa shape index (κ2) is 4.72. The molecule has 0 fully saturated rings. The van der Waals surface area contributed by atoms with Crippen molar-refractivity contribution in [1.29, 1.82) is 0 Å². The third kappa shape index (κ3) is 2.37. The summed E-state index contributed by atoms with van der Waals surface area (Å²) in [5.74, 6) is -3.47. The van der Waals surface area contributed by atoms with Crippen molar-refractivity contribution in [2.75, 3.05) is 6.81 Å². The van der Waals surface area contributed by atoms with Gasteiger partial charge in [-0.1, -0.05) is 20.8 Å². The van der Waals surface area contributed by atoms with Gasteiger partial charge in [-0.25, -0.2) is 8.78 Å². The Morgan fingerprint density at radius 1 is 1.32 bits per heavy atom. The van der Waals surface area contributed by atoms with Crippen LogP contribution in [0.5, 0.6) is 5.75 Å². The van der Waals surface area contributed by atoms with E-state index < -0.39 is 29.6 Å². The molecule has 0 atom stereocenters. The summed E-state index contributed by atoms with van der Waals surface area (Å²) in [6.45, 7) is 1.83. The Balaban J connectivity index is 2.88. The lowest BCUT2D eigenvalue weighted by Gasteiger charge is -2.22. The molecule has 19 heavy (non-hydrogen) atoms. The van der Waals surface area contributed by atoms with E-state index in [0.29, 0.717) is 5.56 Å². The van der Waals surface area contributed by atoms with Crippen molar-refractivity contribution < 1.29 is 20.6 Å². The Morgan fingerprint density at radius 2 is 2.00 bits per heavy atom. The highest BCUT2D eigenvalue weighted by Crippen LogP contribution is 2.37. The molecule has 0 aliphatic heterocycles. The zero-order chi connectivity index (χ0) is 16.0. The van der Waals surface area contributed by atoms with Crippen molar-refractivity contribution in [2.24, 2.45) is 0 Å². The first-order valence-electron chi connectivity index (χ1n) is 6.65. The predicted octanol–water partition coefficient (Wildman–Crippen LogP) is 4.12. The third-order valence-corrected chi connectivity index (χ3v) is 2.84. The summed E-state index contributed by atoms with van der Waals surface area (Å²) in [4.78, 5) is 3.96. The molecule has 5 heteroatoms. The van der Waals surface area contributed by atoms with Gasteiger partial charge < -0.3 is 4.74 Å². The number of nitrogens with zero attached hydrogens (tertiary/aromatic N) is 1. The van der Waals surface area contributed by atoms with Crippen LogP contribution in [0.3, 0.4) is 0 Å². The predicted molar refractivity (Wildman–Crippen MR) is 67.0 cm³/mol. The minimum atomic E-state index is -3.63. The molecule has 0 saturated heterocycles. The van der Waals surface area contributed by atoms with Gasteiger partial charge in [0.25, 0.3) is 0 Å². The summed E-state index contributed by atoms with van der Waals surface area (Å²) in [5.41, 5.74) is -0.00378. The van der Waals surface area contributed by atoms with Crippen LogP contribution in [0.1, 0.15) is 29.1 Å². The van der Waals surface area contributed by atoms with Crippen molar-refractivity contribution in [3.05, 3.63) is 35.7 Å². The zero-order valence-electron chi connectivity index (χ0n) is 12.7. The third-order valence-electron chi connectivity index (χ3n) is 2.84. The SMILES string of the molecule is [2H]C([2H])(F)Oc1c(F)c(F)cc2cncc(C(C)(C)C)c12. The molecule has 1 aromatic heterocycles. The summed E-state index contributed by atoms with van der Waals surface area (Å²) in [6, 6.07) is 0.924. The maximum absolute atomic E-state index is 14.0.